The molecule has 1 aromatic rings. The van der Waals surface area contributed by atoms with Crippen LogP contribution < -0.4 is 5.32 Å². The van der Waals surface area contributed by atoms with Gasteiger partial charge in [-0.05, 0) is 24.6 Å². The first-order chi connectivity index (χ1) is 8.34. The van der Waals surface area contributed by atoms with E-state index in [-0.39, 0.29) is 30.2 Å². The molecule has 7 heteroatoms. The zero-order valence-corrected chi connectivity index (χ0v) is 9.98. The molecule has 0 aliphatic rings. The summed E-state index contributed by atoms with van der Waals surface area (Å²) in [5.74, 6) is -0.411. The molecule has 0 heterocycles. The quantitative estimate of drug-likeness (QED) is 0.891. The molecule has 1 aromatic carbocycles. The summed E-state index contributed by atoms with van der Waals surface area (Å²) >= 11 is 5.65. The molecule has 0 bridgehead atoms. The molecule has 0 saturated carbocycles. The van der Waals surface area contributed by atoms with E-state index in [2.05, 4.69) is 5.32 Å². The van der Waals surface area contributed by atoms with Gasteiger partial charge in [0, 0.05) is 13.0 Å². The minimum Gasteiger partial charge on any atom is -0.396 e. The van der Waals surface area contributed by atoms with Gasteiger partial charge in [0.25, 0.3) is 0 Å². The summed E-state index contributed by atoms with van der Waals surface area (Å²) in [6.45, 7) is -0.131. The number of nitrogens with one attached hydrogen (secondary N) is 1. The summed E-state index contributed by atoms with van der Waals surface area (Å²) in [7, 11) is 0. The molecule has 3 nitrogen and oxygen atoms in total. The summed E-state index contributed by atoms with van der Waals surface area (Å²) in [6, 6.07) is 2.69. The largest absolute Gasteiger partial charge is 0.416 e. The van der Waals surface area contributed by atoms with Crippen LogP contribution in [-0.4, -0.2) is 17.6 Å². The first-order valence-electron chi connectivity index (χ1n) is 5.12. The van der Waals surface area contributed by atoms with Gasteiger partial charge < -0.3 is 10.4 Å². The van der Waals surface area contributed by atoms with Gasteiger partial charge in [-0.25, -0.2) is 0 Å². The van der Waals surface area contributed by atoms with Crippen molar-refractivity contribution in [1.29, 1.82) is 0 Å². The van der Waals surface area contributed by atoms with E-state index in [0.717, 1.165) is 18.2 Å². The maximum absolute atomic E-state index is 12.4. The highest BCUT2D eigenvalue weighted by Gasteiger charge is 2.30. The van der Waals surface area contributed by atoms with Crippen molar-refractivity contribution in [3.05, 3.63) is 28.8 Å². The van der Waals surface area contributed by atoms with E-state index in [4.69, 9.17) is 16.7 Å². The number of halogens is 4. The third kappa shape index (κ3) is 4.19. The lowest BCUT2D eigenvalue weighted by Gasteiger charge is -2.10. The van der Waals surface area contributed by atoms with Gasteiger partial charge in [-0.1, -0.05) is 11.6 Å². The molecule has 0 aromatic heterocycles. The molecule has 0 saturated heterocycles. The van der Waals surface area contributed by atoms with Crippen molar-refractivity contribution in [2.45, 2.75) is 19.0 Å². The Balaban J connectivity index is 2.77. The molecule has 2 N–H and O–H groups in total. The number of anilines is 1. The number of rotatable bonds is 4. The topological polar surface area (TPSA) is 49.3 Å². The van der Waals surface area contributed by atoms with Crippen LogP contribution in [0.1, 0.15) is 18.4 Å². The second kappa shape index (κ2) is 6.06. The molecule has 0 unspecified atom stereocenters. The van der Waals surface area contributed by atoms with Gasteiger partial charge in [0.2, 0.25) is 5.91 Å². The van der Waals surface area contributed by atoms with Crippen molar-refractivity contribution < 1.29 is 23.1 Å². The van der Waals surface area contributed by atoms with Gasteiger partial charge in [0.05, 0.1) is 16.3 Å². The lowest BCUT2D eigenvalue weighted by atomic mass is 10.2. The normalized spacial score (nSPS) is 11.4. The molecule has 0 atom stereocenters. The van der Waals surface area contributed by atoms with Gasteiger partial charge in [-0.3, -0.25) is 4.79 Å². The monoisotopic (exact) mass is 281 g/mol. The van der Waals surface area contributed by atoms with E-state index in [1.54, 1.807) is 0 Å². The van der Waals surface area contributed by atoms with E-state index in [9.17, 15) is 18.0 Å². The number of carbonyl (C=O) groups is 1. The molecule has 0 fully saturated rings. The fourth-order valence-corrected chi connectivity index (χ4v) is 1.47. The summed E-state index contributed by atoms with van der Waals surface area (Å²) in [5, 5.41) is 10.7. The molecule has 0 aliphatic carbocycles. The minimum absolute atomic E-state index is 0.0772. The van der Waals surface area contributed by atoms with Crippen molar-refractivity contribution in [2.24, 2.45) is 0 Å². The predicted molar refractivity (Wildman–Crippen MR) is 61.4 cm³/mol. The highest BCUT2D eigenvalue weighted by atomic mass is 35.5. The summed E-state index contributed by atoms with van der Waals surface area (Å²) < 4.78 is 37.1. The Morgan fingerprint density at radius 2 is 2.06 bits per heavy atom. The maximum atomic E-state index is 12.4. The third-order valence-electron chi connectivity index (χ3n) is 2.13. The van der Waals surface area contributed by atoms with Crippen molar-refractivity contribution >= 4 is 23.2 Å². The Kier molecular flexibility index (Phi) is 4.98. The van der Waals surface area contributed by atoms with Crippen molar-refractivity contribution in [1.82, 2.24) is 0 Å². The van der Waals surface area contributed by atoms with Crippen LogP contribution in [0, 0.1) is 0 Å². The van der Waals surface area contributed by atoms with Crippen molar-refractivity contribution in [2.75, 3.05) is 11.9 Å². The molecule has 0 spiro atoms. The maximum Gasteiger partial charge on any atom is 0.416 e. The highest BCUT2D eigenvalue weighted by molar-refractivity contribution is 6.33. The number of carbonyl (C=O) groups excluding carboxylic acids is 1. The second-order valence-corrected chi connectivity index (χ2v) is 3.97. The number of amides is 1. The molecular formula is C11H11ClF3NO2. The van der Waals surface area contributed by atoms with Crippen molar-refractivity contribution in [3.63, 3.8) is 0 Å². The highest BCUT2D eigenvalue weighted by Crippen LogP contribution is 2.33. The van der Waals surface area contributed by atoms with Crippen LogP contribution in [0.25, 0.3) is 0 Å². The van der Waals surface area contributed by atoms with Crippen LogP contribution >= 0.6 is 11.6 Å². The Labute approximate surface area is 107 Å². The van der Waals surface area contributed by atoms with E-state index in [0.29, 0.717) is 0 Å². The summed E-state index contributed by atoms with van der Waals surface area (Å²) in [6.07, 6.45) is -4.11. The zero-order valence-electron chi connectivity index (χ0n) is 9.22. The van der Waals surface area contributed by atoms with Gasteiger partial charge in [-0.15, -0.1) is 0 Å². The number of benzene rings is 1. The first kappa shape index (κ1) is 14.8. The Morgan fingerprint density at radius 3 is 2.56 bits per heavy atom. The van der Waals surface area contributed by atoms with Gasteiger partial charge in [0.1, 0.15) is 0 Å². The summed E-state index contributed by atoms with van der Waals surface area (Å²) in [5.41, 5.74) is -0.756. The Morgan fingerprint density at radius 1 is 1.39 bits per heavy atom. The van der Waals surface area contributed by atoms with Gasteiger partial charge in [-0.2, -0.15) is 13.2 Å². The minimum atomic E-state index is -4.47. The van der Waals surface area contributed by atoms with Crippen molar-refractivity contribution in [3.8, 4) is 0 Å². The average molecular weight is 282 g/mol. The van der Waals surface area contributed by atoms with Crippen LogP contribution in [0.15, 0.2) is 18.2 Å². The van der Waals surface area contributed by atoms with Crippen LogP contribution in [0.4, 0.5) is 18.9 Å². The predicted octanol–water partition coefficient (Wildman–Crippen LogP) is 3.07. The zero-order chi connectivity index (χ0) is 13.8. The molecule has 0 aliphatic heterocycles. The van der Waals surface area contributed by atoms with E-state index in [1.807, 2.05) is 0 Å². The fraction of sp³-hybridized carbons (Fsp3) is 0.364. The van der Waals surface area contributed by atoms with Crippen LogP contribution in [0.5, 0.6) is 0 Å². The molecule has 1 amide bonds. The summed E-state index contributed by atoms with van der Waals surface area (Å²) in [4.78, 5) is 11.3. The number of aliphatic hydroxyl groups excluding tert-OH is 1. The lowest BCUT2D eigenvalue weighted by molar-refractivity contribution is -0.137. The Hall–Kier alpha value is -1.27. The number of alkyl halides is 3. The lowest BCUT2D eigenvalue weighted by Crippen LogP contribution is -2.13. The molecule has 0 radical (unpaired) electrons. The van der Waals surface area contributed by atoms with Crippen LogP contribution in [0.2, 0.25) is 5.02 Å². The third-order valence-corrected chi connectivity index (χ3v) is 2.45. The smallest absolute Gasteiger partial charge is 0.396 e. The second-order valence-electron chi connectivity index (χ2n) is 3.57. The number of hydrogen-bond donors (Lipinski definition) is 2. The van der Waals surface area contributed by atoms with E-state index >= 15 is 0 Å². The van der Waals surface area contributed by atoms with Crippen LogP contribution in [0.3, 0.4) is 0 Å². The number of hydrogen-bond acceptors (Lipinski definition) is 2. The average Bonchev–Trinajstić information content (AvgIpc) is 2.27. The number of aliphatic hydroxyl groups is 1. The fourth-order valence-electron chi connectivity index (χ4n) is 1.25. The van der Waals surface area contributed by atoms with Gasteiger partial charge >= 0.3 is 6.18 Å². The molecule has 18 heavy (non-hydrogen) atoms. The van der Waals surface area contributed by atoms with Gasteiger partial charge in [0.15, 0.2) is 0 Å². The SMILES string of the molecule is O=C(CCCO)Nc1ccc(C(F)(F)F)cc1Cl. The molecule has 1 rings (SSSR count). The Bertz CT molecular complexity index is 435. The first-order valence-corrected chi connectivity index (χ1v) is 5.50. The van der Waals surface area contributed by atoms with Crippen LogP contribution in [-0.2, 0) is 11.0 Å². The standard InChI is InChI=1S/C11H11ClF3NO2/c12-8-6-7(11(13,14)15)3-4-9(8)16-10(18)2-1-5-17/h3-4,6,17H,1-2,5H2,(H,16,18). The van der Waals surface area contributed by atoms with E-state index in [1.165, 1.54) is 0 Å². The van der Waals surface area contributed by atoms with E-state index < -0.39 is 17.6 Å². The molecule has 100 valence electrons. The molecular weight excluding hydrogens is 271 g/mol.